The lowest BCUT2D eigenvalue weighted by molar-refractivity contribution is 0.660. The normalized spacial score (nSPS) is 13.2. The van der Waals surface area contributed by atoms with Gasteiger partial charge in [0.15, 0.2) is 0 Å². The van der Waals surface area contributed by atoms with Crippen LogP contribution >= 0.6 is 0 Å². The van der Waals surface area contributed by atoms with Crippen LogP contribution in [0.5, 0.6) is 0 Å². The molecule has 9 rings (SSSR count). The highest BCUT2D eigenvalue weighted by Crippen LogP contribution is 2.50. The van der Waals surface area contributed by atoms with Crippen molar-refractivity contribution in [1.82, 2.24) is 0 Å². The molecule has 8 aromatic rings. The number of benzene rings is 8. The number of hydrogen-bond donors (Lipinski definition) is 0. The molecule has 1 aliphatic rings. The van der Waals surface area contributed by atoms with E-state index in [9.17, 15) is 0 Å². The molecule has 0 saturated carbocycles. The first-order valence-corrected chi connectivity index (χ1v) is 16.1. The Labute approximate surface area is 270 Å². The molecule has 46 heavy (non-hydrogen) atoms. The Kier molecular flexibility index (Phi) is 5.92. The van der Waals surface area contributed by atoms with Gasteiger partial charge < -0.3 is 4.90 Å². The van der Waals surface area contributed by atoms with Crippen LogP contribution in [0.2, 0.25) is 0 Å². The van der Waals surface area contributed by atoms with E-state index in [4.69, 9.17) is 0 Å². The summed E-state index contributed by atoms with van der Waals surface area (Å²) in [6.45, 7) is 4.68. The van der Waals surface area contributed by atoms with E-state index in [1.807, 2.05) is 0 Å². The lowest BCUT2D eigenvalue weighted by Crippen LogP contribution is -2.15. The molecule has 0 spiro atoms. The van der Waals surface area contributed by atoms with Crippen molar-refractivity contribution in [3.05, 3.63) is 175 Å². The van der Waals surface area contributed by atoms with Gasteiger partial charge in [-0.2, -0.15) is 0 Å². The SMILES string of the molecule is CC1(C)c2ccccc2-c2cc(N(c3ccc(-c4ccccc4)cc3)c3ccc4c(ccc5c6ccccc6ccc45)c3)ccc21. The summed E-state index contributed by atoms with van der Waals surface area (Å²) in [6, 6.07) is 60.2. The van der Waals surface area contributed by atoms with E-state index in [0.717, 1.165) is 17.1 Å². The molecule has 0 heterocycles. The predicted octanol–water partition coefficient (Wildman–Crippen LogP) is 12.6. The Morgan fingerprint density at radius 3 is 1.76 bits per heavy atom. The van der Waals surface area contributed by atoms with Gasteiger partial charge in [0.05, 0.1) is 0 Å². The predicted molar refractivity (Wildman–Crippen MR) is 197 cm³/mol. The van der Waals surface area contributed by atoms with Gasteiger partial charge in [0.2, 0.25) is 0 Å². The highest BCUT2D eigenvalue weighted by molar-refractivity contribution is 6.17. The fourth-order valence-corrected chi connectivity index (χ4v) is 7.68. The van der Waals surface area contributed by atoms with Gasteiger partial charge in [-0.05, 0) is 102 Å². The summed E-state index contributed by atoms with van der Waals surface area (Å²) in [7, 11) is 0. The molecule has 0 fully saturated rings. The van der Waals surface area contributed by atoms with Crippen molar-refractivity contribution in [1.29, 1.82) is 0 Å². The van der Waals surface area contributed by atoms with Crippen molar-refractivity contribution < 1.29 is 0 Å². The smallest absolute Gasteiger partial charge is 0.0468 e. The van der Waals surface area contributed by atoms with Gasteiger partial charge in [-0.15, -0.1) is 0 Å². The van der Waals surface area contributed by atoms with Crippen LogP contribution in [0.25, 0.3) is 54.6 Å². The first-order valence-electron chi connectivity index (χ1n) is 16.1. The number of hydrogen-bond acceptors (Lipinski definition) is 1. The van der Waals surface area contributed by atoms with Crippen LogP contribution in [-0.2, 0) is 5.41 Å². The van der Waals surface area contributed by atoms with E-state index >= 15 is 0 Å². The minimum Gasteiger partial charge on any atom is -0.310 e. The van der Waals surface area contributed by atoms with Crippen molar-refractivity contribution in [2.24, 2.45) is 0 Å². The van der Waals surface area contributed by atoms with Gasteiger partial charge >= 0.3 is 0 Å². The molecule has 0 saturated heterocycles. The van der Waals surface area contributed by atoms with Crippen molar-refractivity contribution in [3.8, 4) is 22.3 Å². The molecule has 0 atom stereocenters. The lowest BCUT2D eigenvalue weighted by Gasteiger charge is -2.27. The van der Waals surface area contributed by atoms with Gasteiger partial charge in [0.25, 0.3) is 0 Å². The summed E-state index contributed by atoms with van der Waals surface area (Å²) in [5.74, 6) is 0. The number of anilines is 3. The fraction of sp³-hybridized carbons (Fsp3) is 0.0667. The summed E-state index contributed by atoms with van der Waals surface area (Å²) in [5, 5.41) is 7.67. The second kappa shape index (κ2) is 10.2. The molecule has 0 bridgehead atoms. The van der Waals surface area contributed by atoms with Gasteiger partial charge in [0, 0.05) is 22.5 Å². The van der Waals surface area contributed by atoms with Crippen molar-refractivity contribution in [2.45, 2.75) is 19.3 Å². The summed E-state index contributed by atoms with van der Waals surface area (Å²) in [5.41, 5.74) is 11.3. The van der Waals surface area contributed by atoms with E-state index in [2.05, 4.69) is 183 Å². The van der Waals surface area contributed by atoms with E-state index in [-0.39, 0.29) is 5.41 Å². The first-order chi connectivity index (χ1) is 22.6. The van der Waals surface area contributed by atoms with Gasteiger partial charge in [-0.25, -0.2) is 0 Å². The maximum absolute atomic E-state index is 2.41. The largest absolute Gasteiger partial charge is 0.310 e. The molecular formula is C45H33N. The van der Waals surface area contributed by atoms with E-state index < -0.39 is 0 Å². The highest BCUT2D eigenvalue weighted by atomic mass is 15.1. The van der Waals surface area contributed by atoms with Crippen LogP contribution in [0.1, 0.15) is 25.0 Å². The Morgan fingerprint density at radius 2 is 0.935 bits per heavy atom. The molecule has 1 aliphatic carbocycles. The summed E-state index contributed by atoms with van der Waals surface area (Å²) < 4.78 is 0. The molecule has 0 radical (unpaired) electrons. The zero-order valence-electron chi connectivity index (χ0n) is 26.0. The van der Waals surface area contributed by atoms with Crippen molar-refractivity contribution in [3.63, 3.8) is 0 Å². The van der Waals surface area contributed by atoms with E-state index in [1.54, 1.807) is 0 Å². The minimum absolute atomic E-state index is 0.0270. The monoisotopic (exact) mass is 587 g/mol. The Morgan fingerprint density at radius 1 is 0.370 bits per heavy atom. The van der Waals surface area contributed by atoms with Crippen LogP contribution in [0, 0.1) is 0 Å². The minimum atomic E-state index is -0.0270. The molecule has 0 N–H and O–H groups in total. The van der Waals surface area contributed by atoms with E-state index in [1.165, 1.54) is 65.7 Å². The molecule has 0 aliphatic heterocycles. The molecule has 1 nitrogen and oxygen atoms in total. The number of fused-ring (bicyclic) bond motifs is 8. The van der Waals surface area contributed by atoms with Crippen LogP contribution in [-0.4, -0.2) is 0 Å². The standard InChI is InChI=1S/C45H33N/c1-45(2)43-15-9-8-14-41(43)42-29-36(23-27-44(42)45)46(34-20-16-31(17-21-34)30-10-4-3-5-11-30)35-22-26-38-33(28-35)19-25-39-37-13-7-6-12-32(37)18-24-40(38)39/h3-29H,1-2H3. The third-order valence-corrected chi connectivity index (χ3v) is 10.0. The van der Waals surface area contributed by atoms with Crippen LogP contribution in [0.4, 0.5) is 17.1 Å². The topological polar surface area (TPSA) is 3.24 Å². The van der Waals surface area contributed by atoms with Gasteiger partial charge in [-0.1, -0.05) is 141 Å². The molecule has 1 heteroatoms. The highest BCUT2D eigenvalue weighted by Gasteiger charge is 2.35. The van der Waals surface area contributed by atoms with Crippen molar-refractivity contribution >= 4 is 49.4 Å². The van der Waals surface area contributed by atoms with Crippen LogP contribution < -0.4 is 4.90 Å². The van der Waals surface area contributed by atoms with Gasteiger partial charge in [-0.3, -0.25) is 0 Å². The third kappa shape index (κ3) is 4.09. The number of rotatable bonds is 4. The zero-order chi connectivity index (χ0) is 30.8. The molecule has 8 aromatic carbocycles. The van der Waals surface area contributed by atoms with Gasteiger partial charge in [0.1, 0.15) is 0 Å². The fourth-order valence-electron chi connectivity index (χ4n) is 7.68. The third-order valence-electron chi connectivity index (χ3n) is 10.0. The first kappa shape index (κ1) is 26.7. The summed E-state index contributed by atoms with van der Waals surface area (Å²) in [4.78, 5) is 2.41. The summed E-state index contributed by atoms with van der Waals surface area (Å²) in [6.07, 6.45) is 0. The second-order valence-corrected chi connectivity index (χ2v) is 13.0. The van der Waals surface area contributed by atoms with E-state index in [0.29, 0.717) is 0 Å². The maximum atomic E-state index is 2.41. The van der Waals surface area contributed by atoms with Crippen LogP contribution in [0.3, 0.4) is 0 Å². The quantitative estimate of drug-likeness (QED) is 0.185. The maximum Gasteiger partial charge on any atom is 0.0468 e. The molecule has 0 aromatic heterocycles. The zero-order valence-corrected chi connectivity index (χ0v) is 26.0. The Bertz CT molecular complexity index is 2430. The Balaban J connectivity index is 1.22. The second-order valence-electron chi connectivity index (χ2n) is 13.0. The molecule has 218 valence electrons. The van der Waals surface area contributed by atoms with Crippen LogP contribution in [0.15, 0.2) is 164 Å². The lowest BCUT2D eigenvalue weighted by atomic mass is 9.82. The molecule has 0 amide bonds. The van der Waals surface area contributed by atoms with Crippen molar-refractivity contribution in [2.75, 3.05) is 4.90 Å². The Hall–Kier alpha value is -5.66. The molecule has 0 unspecified atom stereocenters. The average molecular weight is 588 g/mol. The molecular weight excluding hydrogens is 555 g/mol. The number of nitrogens with zero attached hydrogens (tertiary/aromatic N) is 1. The summed E-state index contributed by atoms with van der Waals surface area (Å²) >= 11 is 0. The average Bonchev–Trinajstić information content (AvgIpc) is 3.34.